The molecule has 92 valence electrons. The predicted molar refractivity (Wildman–Crippen MR) is 71.2 cm³/mol. The first-order valence-electron chi connectivity index (χ1n) is 5.93. The number of benzene rings is 1. The average Bonchev–Trinajstić information content (AvgIpc) is 2.70. The Morgan fingerprint density at radius 3 is 2.28 bits per heavy atom. The minimum Gasteiger partial charge on any atom is -0.461 e. The van der Waals surface area contributed by atoms with Gasteiger partial charge in [-0.05, 0) is 45.4 Å². The number of hydrogen-bond donors (Lipinski definition) is 0. The van der Waals surface area contributed by atoms with E-state index in [1.165, 1.54) is 0 Å². The minimum absolute atomic E-state index is 0.272. The van der Waals surface area contributed by atoms with E-state index in [4.69, 9.17) is 8.83 Å². The second-order valence-electron chi connectivity index (χ2n) is 4.79. The van der Waals surface area contributed by atoms with Gasteiger partial charge in [0.1, 0.15) is 16.9 Å². The molecule has 0 aliphatic heterocycles. The van der Waals surface area contributed by atoms with Crippen molar-refractivity contribution >= 4 is 21.9 Å². The maximum absolute atomic E-state index is 11.8. The van der Waals surface area contributed by atoms with Crippen LogP contribution in [0.15, 0.2) is 25.8 Å². The zero-order chi connectivity index (χ0) is 13.0. The van der Waals surface area contributed by atoms with Crippen LogP contribution in [0.5, 0.6) is 0 Å². The summed E-state index contributed by atoms with van der Waals surface area (Å²) in [4.78, 5) is 11.8. The predicted octanol–water partition coefficient (Wildman–Crippen LogP) is 3.77. The minimum atomic E-state index is -0.272. The van der Waals surface area contributed by atoms with Crippen LogP contribution in [0.25, 0.3) is 21.9 Å². The Morgan fingerprint density at radius 2 is 1.56 bits per heavy atom. The smallest absolute Gasteiger partial charge is 0.339 e. The average molecular weight is 242 g/mol. The Hall–Kier alpha value is -2.03. The molecule has 0 fully saturated rings. The van der Waals surface area contributed by atoms with Gasteiger partial charge in [0.05, 0.1) is 0 Å². The highest BCUT2D eigenvalue weighted by atomic mass is 16.4. The van der Waals surface area contributed by atoms with Crippen LogP contribution >= 0.6 is 0 Å². The third-order valence-electron chi connectivity index (χ3n) is 3.58. The number of rotatable bonds is 0. The summed E-state index contributed by atoms with van der Waals surface area (Å²) >= 11 is 0. The Bertz CT molecular complexity index is 834. The Labute approximate surface area is 104 Å². The van der Waals surface area contributed by atoms with Gasteiger partial charge in [-0.15, -0.1) is 0 Å². The van der Waals surface area contributed by atoms with E-state index in [1.54, 1.807) is 6.92 Å². The van der Waals surface area contributed by atoms with Gasteiger partial charge >= 0.3 is 5.63 Å². The van der Waals surface area contributed by atoms with Crippen molar-refractivity contribution in [3.63, 3.8) is 0 Å². The fourth-order valence-electron chi connectivity index (χ4n) is 2.39. The van der Waals surface area contributed by atoms with E-state index in [2.05, 4.69) is 0 Å². The van der Waals surface area contributed by atoms with Crippen LogP contribution in [0.4, 0.5) is 0 Å². The summed E-state index contributed by atoms with van der Waals surface area (Å²) in [5.74, 6) is 0.861. The quantitative estimate of drug-likeness (QED) is 0.563. The summed E-state index contributed by atoms with van der Waals surface area (Å²) in [7, 11) is 0. The Morgan fingerprint density at radius 1 is 0.833 bits per heavy atom. The highest BCUT2D eigenvalue weighted by Gasteiger charge is 2.14. The van der Waals surface area contributed by atoms with Gasteiger partial charge in [-0.1, -0.05) is 0 Å². The molecule has 0 radical (unpaired) electrons. The summed E-state index contributed by atoms with van der Waals surface area (Å²) in [6.45, 7) is 7.58. The van der Waals surface area contributed by atoms with Gasteiger partial charge in [0.2, 0.25) is 0 Å². The fourth-order valence-corrected chi connectivity index (χ4v) is 2.39. The van der Waals surface area contributed by atoms with Crippen molar-refractivity contribution < 1.29 is 8.83 Å². The maximum atomic E-state index is 11.8. The number of aryl methyl sites for hydroxylation is 3. The lowest BCUT2D eigenvalue weighted by molar-refractivity contribution is 0.546. The van der Waals surface area contributed by atoms with Gasteiger partial charge in [-0.25, -0.2) is 4.79 Å². The molecular weight excluding hydrogens is 228 g/mol. The van der Waals surface area contributed by atoms with Gasteiger partial charge in [0.25, 0.3) is 0 Å². The van der Waals surface area contributed by atoms with E-state index < -0.39 is 0 Å². The number of furan rings is 1. The summed E-state index contributed by atoms with van der Waals surface area (Å²) in [5.41, 5.74) is 3.68. The second kappa shape index (κ2) is 3.48. The molecule has 3 nitrogen and oxygen atoms in total. The van der Waals surface area contributed by atoms with Crippen molar-refractivity contribution in [2.75, 3.05) is 0 Å². The first-order valence-corrected chi connectivity index (χ1v) is 5.93. The van der Waals surface area contributed by atoms with Crippen LogP contribution < -0.4 is 5.63 Å². The molecule has 0 saturated heterocycles. The van der Waals surface area contributed by atoms with Gasteiger partial charge in [0.15, 0.2) is 0 Å². The van der Waals surface area contributed by atoms with Crippen molar-refractivity contribution in [1.29, 1.82) is 0 Å². The zero-order valence-electron chi connectivity index (χ0n) is 10.9. The normalized spacial score (nSPS) is 11.6. The lowest BCUT2D eigenvalue weighted by Gasteiger charge is -2.06. The van der Waals surface area contributed by atoms with Gasteiger partial charge < -0.3 is 8.83 Å². The molecule has 18 heavy (non-hydrogen) atoms. The van der Waals surface area contributed by atoms with Crippen LogP contribution in [0.1, 0.15) is 22.5 Å². The zero-order valence-corrected chi connectivity index (χ0v) is 10.9. The molecule has 3 rings (SSSR count). The fraction of sp³-hybridized carbons (Fsp3) is 0.267. The highest BCUT2D eigenvalue weighted by molar-refractivity contribution is 5.98. The molecule has 3 heteroatoms. The highest BCUT2D eigenvalue weighted by Crippen LogP contribution is 2.31. The van der Waals surface area contributed by atoms with Crippen molar-refractivity contribution in [1.82, 2.24) is 0 Å². The first-order chi connectivity index (χ1) is 8.49. The van der Waals surface area contributed by atoms with Crippen molar-refractivity contribution in [2.24, 2.45) is 0 Å². The van der Waals surface area contributed by atoms with Crippen LogP contribution in [0, 0.1) is 27.7 Å². The van der Waals surface area contributed by atoms with Crippen LogP contribution in [0.3, 0.4) is 0 Å². The SMILES string of the molecule is Cc1cc2cc3c(C)c(C)c(=O)oc3c(C)c2o1. The van der Waals surface area contributed by atoms with Gasteiger partial charge in [-0.3, -0.25) is 0 Å². The third-order valence-corrected chi connectivity index (χ3v) is 3.58. The van der Waals surface area contributed by atoms with Crippen molar-refractivity contribution in [3.8, 4) is 0 Å². The van der Waals surface area contributed by atoms with E-state index in [-0.39, 0.29) is 5.63 Å². The van der Waals surface area contributed by atoms with Crippen molar-refractivity contribution in [3.05, 3.63) is 45.0 Å². The largest absolute Gasteiger partial charge is 0.461 e. The standard InChI is InChI=1S/C15H14O3/c1-7-5-11-6-12-8(2)9(3)15(16)18-14(12)10(4)13(11)17-7/h5-6H,1-4H3. The molecule has 0 aliphatic rings. The topological polar surface area (TPSA) is 43.4 Å². The van der Waals surface area contributed by atoms with Crippen LogP contribution in [0.2, 0.25) is 0 Å². The van der Waals surface area contributed by atoms with Crippen LogP contribution in [-0.2, 0) is 0 Å². The van der Waals surface area contributed by atoms with Crippen LogP contribution in [-0.4, -0.2) is 0 Å². The monoisotopic (exact) mass is 242 g/mol. The molecule has 0 bridgehead atoms. The molecule has 0 aliphatic carbocycles. The Kier molecular flexibility index (Phi) is 2.14. The lowest BCUT2D eigenvalue weighted by Crippen LogP contribution is -2.06. The molecule has 2 heterocycles. The molecule has 2 aromatic heterocycles. The summed E-state index contributed by atoms with van der Waals surface area (Å²) < 4.78 is 11.1. The summed E-state index contributed by atoms with van der Waals surface area (Å²) in [6.07, 6.45) is 0. The summed E-state index contributed by atoms with van der Waals surface area (Å²) in [6, 6.07) is 4.03. The molecule has 0 spiro atoms. The molecule has 0 atom stereocenters. The maximum Gasteiger partial charge on any atom is 0.339 e. The molecule has 0 amide bonds. The lowest BCUT2D eigenvalue weighted by atomic mass is 10.0. The third kappa shape index (κ3) is 1.33. The molecule has 0 unspecified atom stereocenters. The van der Waals surface area contributed by atoms with E-state index in [0.717, 1.165) is 33.2 Å². The molecule has 1 aromatic carbocycles. The van der Waals surface area contributed by atoms with E-state index in [9.17, 15) is 4.79 Å². The molecule has 3 aromatic rings. The molecule has 0 saturated carbocycles. The van der Waals surface area contributed by atoms with E-state index in [1.807, 2.05) is 32.9 Å². The number of hydrogen-bond acceptors (Lipinski definition) is 3. The second-order valence-corrected chi connectivity index (χ2v) is 4.79. The van der Waals surface area contributed by atoms with Crippen molar-refractivity contribution in [2.45, 2.75) is 27.7 Å². The van der Waals surface area contributed by atoms with Gasteiger partial charge in [-0.2, -0.15) is 0 Å². The molecule has 0 N–H and O–H groups in total. The molecular formula is C15H14O3. The van der Waals surface area contributed by atoms with Gasteiger partial charge in [0, 0.05) is 21.9 Å². The first kappa shape index (κ1) is 11.1. The Balaban J connectivity index is 2.63. The number of fused-ring (bicyclic) bond motifs is 2. The van der Waals surface area contributed by atoms with E-state index >= 15 is 0 Å². The summed E-state index contributed by atoms with van der Waals surface area (Å²) in [5, 5.41) is 2.03. The van der Waals surface area contributed by atoms with E-state index in [0.29, 0.717) is 11.1 Å².